The largest absolute Gasteiger partial charge is 0.406 e. The highest BCUT2D eigenvalue weighted by atomic mass is 32.2. The van der Waals surface area contributed by atoms with Crippen LogP contribution in [0.15, 0.2) is 15.8 Å². The number of rotatable bonds is 3. The lowest BCUT2D eigenvalue weighted by Crippen LogP contribution is -2.63. The Bertz CT molecular complexity index is 1140. The smallest absolute Gasteiger partial charge is 0.330 e. The summed E-state index contributed by atoms with van der Waals surface area (Å²) in [5.74, 6) is -2.97. The van der Waals surface area contributed by atoms with E-state index in [2.05, 4.69) is 4.98 Å². The molecule has 5 unspecified atom stereocenters. The van der Waals surface area contributed by atoms with E-state index in [0.29, 0.717) is 0 Å². The summed E-state index contributed by atoms with van der Waals surface area (Å²) in [6, 6.07) is 0. The van der Waals surface area contributed by atoms with Crippen molar-refractivity contribution in [3.05, 3.63) is 32.6 Å². The van der Waals surface area contributed by atoms with Gasteiger partial charge in [0.1, 0.15) is 18.0 Å². The van der Waals surface area contributed by atoms with Crippen molar-refractivity contribution in [3.8, 4) is 0 Å². The van der Waals surface area contributed by atoms with Crippen LogP contribution < -0.4 is 11.2 Å². The number of aliphatic hydroxyl groups is 1. The predicted octanol–water partition coefficient (Wildman–Crippen LogP) is -0.0496. The topological polar surface area (TPSA) is 146 Å². The maximum absolute atomic E-state index is 12.6. The molecule has 3 aliphatic heterocycles. The van der Waals surface area contributed by atoms with Gasteiger partial charge in [0.05, 0.1) is 6.61 Å². The van der Waals surface area contributed by atoms with Gasteiger partial charge in [-0.15, -0.1) is 0 Å². The lowest BCUT2D eigenvalue weighted by Gasteiger charge is -2.44. The summed E-state index contributed by atoms with van der Waals surface area (Å²) in [5.41, 5.74) is -2.91. The van der Waals surface area contributed by atoms with E-state index in [-0.39, 0.29) is 17.2 Å². The summed E-state index contributed by atoms with van der Waals surface area (Å²) in [4.78, 5) is 26.7. The molecule has 0 aromatic carbocycles. The number of H-pyrrole nitrogens is 1. The Labute approximate surface area is 180 Å². The normalized spacial score (nSPS) is 37.1. The quantitative estimate of drug-likeness (QED) is 0.453. The number of aromatic amines is 1. The highest BCUT2D eigenvalue weighted by molar-refractivity contribution is 7.87. The van der Waals surface area contributed by atoms with Gasteiger partial charge in [-0.25, -0.2) is 4.79 Å². The Morgan fingerprint density at radius 2 is 1.97 bits per heavy atom. The van der Waals surface area contributed by atoms with Gasteiger partial charge in [0.15, 0.2) is 20.1 Å². The average Bonchev–Trinajstić information content (AvgIpc) is 3.10. The predicted molar refractivity (Wildman–Crippen MR) is 111 cm³/mol. The van der Waals surface area contributed by atoms with Crippen molar-refractivity contribution in [2.75, 3.05) is 12.4 Å². The van der Waals surface area contributed by atoms with Crippen molar-refractivity contribution >= 4 is 18.4 Å². The molecular weight excluding hydrogens is 448 g/mol. The van der Waals surface area contributed by atoms with Crippen LogP contribution >= 0.6 is 0 Å². The minimum absolute atomic E-state index is 0.142. The van der Waals surface area contributed by atoms with Gasteiger partial charge < -0.3 is 19.0 Å². The van der Waals surface area contributed by atoms with E-state index >= 15 is 0 Å². The van der Waals surface area contributed by atoms with Gasteiger partial charge in [0.25, 0.3) is 15.7 Å². The number of hydrogen-bond acceptors (Lipinski definition) is 9. The number of aromatic nitrogens is 2. The minimum Gasteiger partial charge on any atom is -0.406 e. The summed E-state index contributed by atoms with van der Waals surface area (Å²) in [6.07, 6.45) is -2.01. The molecule has 13 heteroatoms. The van der Waals surface area contributed by atoms with Gasteiger partial charge in [0.2, 0.25) is 5.79 Å². The fourth-order valence-electron chi connectivity index (χ4n) is 4.13. The molecule has 174 valence electrons. The van der Waals surface area contributed by atoms with Crippen molar-refractivity contribution < 1.29 is 31.6 Å². The van der Waals surface area contributed by atoms with Crippen LogP contribution in [0.2, 0.25) is 18.1 Å². The number of nitrogens with one attached hydrogen (secondary N) is 1. The lowest BCUT2D eigenvalue weighted by molar-refractivity contribution is -0.236. The van der Waals surface area contributed by atoms with E-state index in [9.17, 15) is 23.1 Å². The Morgan fingerprint density at radius 3 is 2.58 bits per heavy atom. The molecule has 1 spiro atoms. The third-order valence-corrected chi connectivity index (χ3v) is 12.6. The maximum atomic E-state index is 12.6. The Morgan fingerprint density at radius 1 is 1.32 bits per heavy atom. The molecule has 0 aliphatic carbocycles. The van der Waals surface area contributed by atoms with E-state index < -0.39 is 65.3 Å². The van der Waals surface area contributed by atoms with E-state index in [1.165, 1.54) is 13.1 Å². The first kappa shape index (κ1) is 22.8. The van der Waals surface area contributed by atoms with Gasteiger partial charge >= 0.3 is 5.69 Å². The number of ether oxygens (including phenoxy) is 2. The first-order chi connectivity index (χ1) is 14.0. The zero-order valence-corrected chi connectivity index (χ0v) is 20.1. The van der Waals surface area contributed by atoms with Crippen LogP contribution in [0.1, 0.15) is 32.6 Å². The average molecular weight is 477 g/mol. The zero-order valence-electron chi connectivity index (χ0n) is 18.3. The molecule has 4 rings (SSSR count). The molecule has 1 aromatic heterocycles. The third-order valence-electron chi connectivity index (χ3n) is 6.83. The molecule has 0 amide bonds. The van der Waals surface area contributed by atoms with Crippen LogP contribution in [0.5, 0.6) is 0 Å². The van der Waals surface area contributed by atoms with Crippen molar-refractivity contribution in [3.63, 3.8) is 0 Å². The minimum atomic E-state index is -4.15. The van der Waals surface area contributed by atoms with Crippen molar-refractivity contribution in [1.29, 1.82) is 0 Å². The molecule has 2 N–H and O–H groups in total. The van der Waals surface area contributed by atoms with Gasteiger partial charge in [-0.1, -0.05) is 20.8 Å². The second kappa shape index (κ2) is 6.59. The molecule has 11 nitrogen and oxygen atoms in total. The highest BCUT2D eigenvalue weighted by Gasteiger charge is 2.80. The summed E-state index contributed by atoms with van der Waals surface area (Å²) < 4.78 is 49.6. The van der Waals surface area contributed by atoms with Gasteiger partial charge in [-0.3, -0.25) is 18.5 Å². The summed E-state index contributed by atoms with van der Waals surface area (Å²) >= 11 is 0. The first-order valence-electron chi connectivity index (χ1n) is 9.98. The maximum Gasteiger partial charge on any atom is 0.330 e. The Balaban J connectivity index is 1.91. The molecule has 3 fully saturated rings. The molecule has 0 bridgehead atoms. The fraction of sp³-hybridized carbons (Fsp3) is 0.778. The SMILES string of the molecule is Cc1cn(C2OC3COC4(O)CS(=O)(=O)OC34C2O[Si](C)(C)C(C)(C)C)c(=O)[nH]c1=O. The van der Waals surface area contributed by atoms with E-state index in [1.807, 2.05) is 33.9 Å². The number of aryl methyl sites for hydroxylation is 1. The van der Waals surface area contributed by atoms with E-state index in [4.69, 9.17) is 18.1 Å². The lowest BCUT2D eigenvalue weighted by atomic mass is 9.86. The van der Waals surface area contributed by atoms with Crippen LogP contribution in [-0.4, -0.2) is 67.3 Å². The van der Waals surface area contributed by atoms with Crippen molar-refractivity contribution in [1.82, 2.24) is 9.55 Å². The van der Waals surface area contributed by atoms with E-state index in [0.717, 1.165) is 4.57 Å². The van der Waals surface area contributed by atoms with Gasteiger partial charge in [0, 0.05) is 11.8 Å². The van der Waals surface area contributed by atoms with Gasteiger partial charge in [-0.2, -0.15) is 8.42 Å². The molecule has 3 aliphatic rings. The van der Waals surface area contributed by atoms with Crippen molar-refractivity contribution in [2.45, 2.75) is 75.7 Å². The molecule has 0 radical (unpaired) electrons. The monoisotopic (exact) mass is 476 g/mol. The second-order valence-electron chi connectivity index (χ2n) is 9.97. The fourth-order valence-corrected chi connectivity index (χ4v) is 7.00. The second-order valence-corrected chi connectivity index (χ2v) is 16.3. The van der Waals surface area contributed by atoms with Gasteiger partial charge in [-0.05, 0) is 25.1 Å². The van der Waals surface area contributed by atoms with E-state index in [1.54, 1.807) is 0 Å². The Kier molecular flexibility index (Phi) is 4.85. The van der Waals surface area contributed by atoms with Crippen LogP contribution in [-0.2, 0) is 28.2 Å². The van der Waals surface area contributed by atoms with Crippen LogP contribution in [0, 0.1) is 6.92 Å². The third kappa shape index (κ3) is 3.21. The molecule has 5 atom stereocenters. The number of hydrogen-bond donors (Lipinski definition) is 2. The molecule has 1 aromatic rings. The standard InChI is InChI=1S/C18H28N2O9SSi/c1-10-7-20(15(22)19-13(10)21)14-12(28-31(5,6)16(2,3)4)18-11(27-14)8-26-17(18,23)9-30(24,25)29-18/h7,11-12,14,23H,8-9H2,1-6H3,(H,19,21,22). The summed E-state index contributed by atoms with van der Waals surface area (Å²) in [6.45, 7) is 11.3. The first-order valence-corrected chi connectivity index (χ1v) is 14.5. The molecule has 4 heterocycles. The Hall–Kier alpha value is -1.35. The molecule has 31 heavy (non-hydrogen) atoms. The molecule has 3 saturated heterocycles. The summed E-state index contributed by atoms with van der Waals surface area (Å²) in [5, 5.41) is 10.9. The number of nitrogens with zero attached hydrogens (tertiary/aromatic N) is 1. The molecular formula is C18H28N2O9SSi. The van der Waals surface area contributed by atoms with Crippen molar-refractivity contribution in [2.24, 2.45) is 0 Å². The van der Waals surface area contributed by atoms with Crippen LogP contribution in [0.3, 0.4) is 0 Å². The zero-order chi connectivity index (χ0) is 23.2. The molecule has 0 saturated carbocycles. The van der Waals surface area contributed by atoms with Crippen LogP contribution in [0.4, 0.5) is 0 Å². The highest BCUT2D eigenvalue weighted by Crippen LogP contribution is 2.57. The summed E-state index contributed by atoms with van der Waals surface area (Å²) in [7, 11) is -6.75. The van der Waals surface area contributed by atoms with Crippen LogP contribution in [0.25, 0.3) is 0 Å².